The summed E-state index contributed by atoms with van der Waals surface area (Å²) in [7, 11) is 0. The van der Waals surface area contributed by atoms with E-state index in [1.54, 1.807) is 0 Å². The van der Waals surface area contributed by atoms with E-state index in [0.29, 0.717) is 11.3 Å². The Morgan fingerprint density at radius 3 is 2.32 bits per heavy atom. The molecule has 0 aliphatic rings. The molecule has 0 radical (unpaired) electrons. The van der Waals surface area contributed by atoms with E-state index >= 15 is 0 Å². The summed E-state index contributed by atoms with van der Waals surface area (Å²) in [5, 5.41) is 6.09. The van der Waals surface area contributed by atoms with Gasteiger partial charge in [-0.05, 0) is 60.6 Å². The molecule has 0 saturated heterocycles. The molecule has 6 nitrogen and oxygen atoms in total. The molecule has 0 aliphatic carbocycles. The average Bonchev–Trinajstić information content (AvgIpc) is 3.06. The molecule has 2 aromatic carbocycles. The van der Waals surface area contributed by atoms with Crippen LogP contribution in [0.5, 0.6) is 5.75 Å². The molecule has 3 aromatic rings. The predicted octanol–water partition coefficient (Wildman–Crippen LogP) is 3.42. The molecule has 1 atom stereocenters. The molecule has 0 spiro atoms. The highest BCUT2D eigenvalue weighted by atomic mass is 19.1. The van der Waals surface area contributed by atoms with Crippen molar-refractivity contribution in [1.82, 2.24) is 10.1 Å². The van der Waals surface area contributed by atoms with Crippen molar-refractivity contribution in [3.8, 4) is 17.2 Å². The third-order valence-corrected chi connectivity index (χ3v) is 3.25. The lowest BCUT2D eigenvalue weighted by Gasteiger charge is -2.13. The van der Waals surface area contributed by atoms with E-state index in [0.717, 1.165) is 0 Å². The lowest BCUT2D eigenvalue weighted by atomic mass is 10.2. The Morgan fingerprint density at radius 2 is 1.68 bits per heavy atom. The Bertz CT molecular complexity index is 864. The highest BCUT2D eigenvalue weighted by molar-refractivity contribution is 5.92. The van der Waals surface area contributed by atoms with Crippen LogP contribution in [-0.4, -0.2) is 22.2 Å². The Labute approximate surface area is 141 Å². The van der Waals surface area contributed by atoms with Crippen LogP contribution in [0.25, 0.3) is 11.5 Å². The SMILES string of the molecule is C[C@@H](Oc1ccc(F)cc1)C(=O)Nc1noc(-c2ccc(F)cc2)n1. The number of aromatic nitrogens is 2. The second-order valence-electron chi connectivity index (χ2n) is 5.13. The van der Waals surface area contributed by atoms with Crippen LogP contribution >= 0.6 is 0 Å². The third-order valence-electron chi connectivity index (χ3n) is 3.25. The number of ether oxygens (including phenoxy) is 1. The van der Waals surface area contributed by atoms with E-state index in [1.165, 1.54) is 55.5 Å². The van der Waals surface area contributed by atoms with Gasteiger partial charge in [0.05, 0.1) is 0 Å². The number of hydrogen-bond donors (Lipinski definition) is 1. The van der Waals surface area contributed by atoms with Crippen LogP contribution in [0, 0.1) is 11.6 Å². The monoisotopic (exact) mass is 345 g/mol. The van der Waals surface area contributed by atoms with Crippen LogP contribution in [0.1, 0.15) is 6.92 Å². The van der Waals surface area contributed by atoms with E-state index in [-0.39, 0.29) is 17.7 Å². The van der Waals surface area contributed by atoms with Crippen LogP contribution < -0.4 is 10.1 Å². The average molecular weight is 345 g/mol. The lowest BCUT2D eigenvalue weighted by Crippen LogP contribution is -2.30. The van der Waals surface area contributed by atoms with Gasteiger partial charge >= 0.3 is 0 Å². The number of nitrogens with zero attached hydrogens (tertiary/aromatic N) is 2. The fraction of sp³-hybridized carbons (Fsp3) is 0.118. The summed E-state index contributed by atoms with van der Waals surface area (Å²) < 4.78 is 36.2. The number of carbonyl (C=O) groups excluding carboxylic acids is 1. The van der Waals surface area contributed by atoms with Crippen LogP contribution in [-0.2, 0) is 4.79 Å². The van der Waals surface area contributed by atoms with Crippen molar-refractivity contribution >= 4 is 11.9 Å². The molecule has 0 saturated carbocycles. The first-order valence-corrected chi connectivity index (χ1v) is 7.34. The Balaban J connectivity index is 1.62. The molecule has 0 bridgehead atoms. The first-order chi connectivity index (χ1) is 12.0. The number of halogens is 2. The molecule has 0 unspecified atom stereocenters. The van der Waals surface area contributed by atoms with E-state index in [1.807, 2.05) is 0 Å². The van der Waals surface area contributed by atoms with Crippen LogP contribution in [0.4, 0.5) is 14.7 Å². The van der Waals surface area contributed by atoms with Gasteiger partial charge in [-0.2, -0.15) is 4.98 Å². The number of amides is 1. The van der Waals surface area contributed by atoms with Gasteiger partial charge in [0.15, 0.2) is 6.10 Å². The topological polar surface area (TPSA) is 77.2 Å². The third kappa shape index (κ3) is 4.17. The number of nitrogens with one attached hydrogen (secondary N) is 1. The molecule has 1 N–H and O–H groups in total. The van der Waals surface area contributed by atoms with Gasteiger partial charge in [-0.15, -0.1) is 0 Å². The molecule has 1 aromatic heterocycles. The summed E-state index contributed by atoms with van der Waals surface area (Å²) in [4.78, 5) is 16.1. The summed E-state index contributed by atoms with van der Waals surface area (Å²) in [6.45, 7) is 1.53. The Hall–Kier alpha value is -3.29. The standard InChI is InChI=1S/C17H13F2N3O3/c1-10(24-14-8-6-13(19)7-9-14)15(23)20-17-21-16(25-22-17)11-2-4-12(18)5-3-11/h2-10H,1H3,(H,20,22,23)/t10-/m1/s1. The molecule has 1 heterocycles. The fourth-order valence-electron chi connectivity index (χ4n) is 1.97. The zero-order valence-electron chi connectivity index (χ0n) is 13.1. The first kappa shape index (κ1) is 16.6. The van der Waals surface area contributed by atoms with Crippen molar-refractivity contribution in [3.63, 3.8) is 0 Å². The second kappa shape index (κ2) is 7.08. The minimum atomic E-state index is -0.863. The van der Waals surface area contributed by atoms with Gasteiger partial charge in [-0.1, -0.05) is 0 Å². The summed E-state index contributed by atoms with van der Waals surface area (Å²) in [5.74, 6) is -0.839. The first-order valence-electron chi connectivity index (χ1n) is 7.34. The van der Waals surface area contributed by atoms with Gasteiger partial charge < -0.3 is 9.26 Å². The number of carbonyl (C=O) groups is 1. The largest absolute Gasteiger partial charge is 0.481 e. The smallest absolute Gasteiger partial charge is 0.270 e. The normalized spacial score (nSPS) is 11.8. The second-order valence-corrected chi connectivity index (χ2v) is 5.13. The number of anilines is 1. The predicted molar refractivity (Wildman–Crippen MR) is 84.8 cm³/mol. The molecule has 0 aliphatic heterocycles. The molecule has 8 heteroatoms. The molecule has 128 valence electrons. The van der Waals surface area contributed by atoms with Gasteiger partial charge in [0.25, 0.3) is 17.7 Å². The molecule has 1 amide bonds. The molecular formula is C17H13F2N3O3. The van der Waals surface area contributed by atoms with E-state index < -0.39 is 17.8 Å². The van der Waals surface area contributed by atoms with Crippen molar-refractivity contribution in [1.29, 1.82) is 0 Å². The van der Waals surface area contributed by atoms with Crippen molar-refractivity contribution in [2.75, 3.05) is 5.32 Å². The van der Waals surface area contributed by atoms with E-state index in [9.17, 15) is 13.6 Å². The Morgan fingerprint density at radius 1 is 1.08 bits per heavy atom. The summed E-state index contributed by atoms with van der Waals surface area (Å²) >= 11 is 0. The number of hydrogen-bond acceptors (Lipinski definition) is 5. The zero-order valence-corrected chi connectivity index (χ0v) is 13.1. The van der Waals surface area contributed by atoms with Crippen molar-refractivity contribution in [2.45, 2.75) is 13.0 Å². The van der Waals surface area contributed by atoms with Crippen molar-refractivity contribution in [2.24, 2.45) is 0 Å². The fourth-order valence-corrected chi connectivity index (χ4v) is 1.97. The summed E-state index contributed by atoms with van der Waals surface area (Å²) in [6.07, 6.45) is -0.863. The number of rotatable bonds is 5. The van der Waals surface area contributed by atoms with Gasteiger partial charge in [0, 0.05) is 5.56 Å². The highest BCUT2D eigenvalue weighted by Crippen LogP contribution is 2.19. The lowest BCUT2D eigenvalue weighted by molar-refractivity contribution is -0.122. The van der Waals surface area contributed by atoms with Crippen LogP contribution in [0.15, 0.2) is 53.1 Å². The maximum Gasteiger partial charge on any atom is 0.270 e. The maximum absolute atomic E-state index is 12.9. The van der Waals surface area contributed by atoms with Gasteiger partial charge in [-0.25, -0.2) is 8.78 Å². The van der Waals surface area contributed by atoms with Gasteiger partial charge in [0.2, 0.25) is 0 Å². The van der Waals surface area contributed by atoms with E-state index in [4.69, 9.17) is 9.26 Å². The minimum Gasteiger partial charge on any atom is -0.481 e. The number of benzene rings is 2. The Kier molecular flexibility index (Phi) is 4.69. The van der Waals surface area contributed by atoms with Crippen LogP contribution in [0.2, 0.25) is 0 Å². The minimum absolute atomic E-state index is 0.0427. The summed E-state index contributed by atoms with van der Waals surface area (Å²) in [5.41, 5.74) is 0.519. The zero-order chi connectivity index (χ0) is 17.8. The molecule has 0 fully saturated rings. The van der Waals surface area contributed by atoms with Crippen LogP contribution in [0.3, 0.4) is 0 Å². The van der Waals surface area contributed by atoms with Gasteiger partial charge in [-0.3, -0.25) is 10.1 Å². The molecule has 25 heavy (non-hydrogen) atoms. The quantitative estimate of drug-likeness (QED) is 0.767. The highest BCUT2D eigenvalue weighted by Gasteiger charge is 2.18. The molecule has 3 rings (SSSR count). The maximum atomic E-state index is 12.9. The summed E-state index contributed by atoms with van der Waals surface area (Å²) in [6, 6.07) is 10.8. The van der Waals surface area contributed by atoms with Crippen molar-refractivity contribution in [3.05, 3.63) is 60.2 Å². The van der Waals surface area contributed by atoms with Crippen molar-refractivity contribution < 1.29 is 22.8 Å². The van der Waals surface area contributed by atoms with Gasteiger partial charge in [0.1, 0.15) is 17.4 Å². The molecular weight excluding hydrogens is 332 g/mol. The van der Waals surface area contributed by atoms with E-state index in [2.05, 4.69) is 15.5 Å².